The fraction of sp³-hybridized carbons (Fsp3) is 0.0526. The third-order valence-electron chi connectivity index (χ3n) is 3.92. The molecule has 2 N–H and O–H groups in total. The van der Waals surface area contributed by atoms with E-state index < -0.39 is 10.0 Å². The second kappa shape index (κ2) is 7.34. The van der Waals surface area contributed by atoms with Crippen molar-refractivity contribution in [2.75, 3.05) is 10.0 Å². The van der Waals surface area contributed by atoms with E-state index >= 15 is 0 Å². The highest BCUT2D eigenvalue weighted by Crippen LogP contribution is 2.28. The third kappa shape index (κ3) is 3.77. The van der Waals surface area contributed by atoms with Gasteiger partial charge in [-0.3, -0.25) is 9.52 Å². The van der Waals surface area contributed by atoms with Crippen molar-refractivity contribution in [3.63, 3.8) is 0 Å². The average molecular weight is 430 g/mol. The number of thiophene rings is 1. The maximum atomic E-state index is 12.7. The second-order valence-electron chi connectivity index (χ2n) is 5.95. The number of carbonyl (C=O) groups is 1. The number of carbonyl (C=O) groups excluding carboxylic acids is 1. The number of fused-ring (bicyclic) bond motifs is 1. The number of hydrogen-bond donors (Lipinski definition) is 2. The van der Waals surface area contributed by atoms with Gasteiger partial charge in [0, 0.05) is 5.69 Å². The molecule has 0 aliphatic heterocycles. The molecular formula is C19H15N3O3S3. The highest BCUT2D eigenvalue weighted by molar-refractivity contribution is 7.92. The SMILES string of the molecule is Cc1nc2cc(NC(=O)c3sccc3NS(=O)(=O)c3ccccc3)ccc2s1. The number of rotatable bonds is 5. The van der Waals surface area contributed by atoms with Crippen molar-refractivity contribution in [2.45, 2.75) is 11.8 Å². The fourth-order valence-corrected chi connectivity index (χ4v) is 5.39. The van der Waals surface area contributed by atoms with Gasteiger partial charge in [0.2, 0.25) is 0 Å². The Bertz CT molecular complexity index is 1260. The van der Waals surface area contributed by atoms with Crippen molar-refractivity contribution in [1.82, 2.24) is 4.98 Å². The lowest BCUT2D eigenvalue weighted by Gasteiger charge is -2.09. The van der Waals surface area contributed by atoms with Crippen LogP contribution < -0.4 is 10.0 Å². The van der Waals surface area contributed by atoms with Crippen LogP contribution in [0.1, 0.15) is 14.7 Å². The lowest BCUT2D eigenvalue weighted by Crippen LogP contribution is -2.17. The first-order valence-electron chi connectivity index (χ1n) is 8.26. The summed E-state index contributed by atoms with van der Waals surface area (Å²) < 4.78 is 28.6. The smallest absolute Gasteiger partial charge is 0.267 e. The van der Waals surface area contributed by atoms with Crippen LogP contribution in [0, 0.1) is 6.92 Å². The van der Waals surface area contributed by atoms with Crippen LogP contribution in [0.25, 0.3) is 10.2 Å². The van der Waals surface area contributed by atoms with E-state index in [4.69, 9.17) is 0 Å². The van der Waals surface area contributed by atoms with Gasteiger partial charge in [0.25, 0.3) is 15.9 Å². The summed E-state index contributed by atoms with van der Waals surface area (Å²) in [5.41, 5.74) is 1.67. The van der Waals surface area contributed by atoms with Gasteiger partial charge in [-0.2, -0.15) is 0 Å². The van der Waals surface area contributed by atoms with Crippen LogP contribution >= 0.6 is 22.7 Å². The number of benzene rings is 2. The van der Waals surface area contributed by atoms with Gasteiger partial charge in [0.1, 0.15) is 4.88 Å². The molecule has 4 aromatic rings. The van der Waals surface area contributed by atoms with Gasteiger partial charge < -0.3 is 5.32 Å². The second-order valence-corrected chi connectivity index (χ2v) is 9.78. The molecule has 0 spiro atoms. The lowest BCUT2D eigenvalue weighted by molar-refractivity contribution is 0.103. The summed E-state index contributed by atoms with van der Waals surface area (Å²) in [6.45, 7) is 1.93. The summed E-state index contributed by atoms with van der Waals surface area (Å²) in [4.78, 5) is 17.6. The molecule has 6 nitrogen and oxygen atoms in total. The van der Waals surface area contributed by atoms with Crippen molar-refractivity contribution >= 4 is 60.2 Å². The van der Waals surface area contributed by atoms with Crippen LogP contribution in [0.3, 0.4) is 0 Å². The molecule has 0 aliphatic carbocycles. The number of sulfonamides is 1. The zero-order valence-electron chi connectivity index (χ0n) is 14.7. The summed E-state index contributed by atoms with van der Waals surface area (Å²) in [6.07, 6.45) is 0. The van der Waals surface area contributed by atoms with Crippen molar-refractivity contribution in [2.24, 2.45) is 0 Å². The van der Waals surface area contributed by atoms with Gasteiger partial charge in [0.15, 0.2) is 0 Å². The predicted molar refractivity (Wildman–Crippen MR) is 114 cm³/mol. The van der Waals surface area contributed by atoms with Crippen molar-refractivity contribution in [1.29, 1.82) is 0 Å². The zero-order chi connectivity index (χ0) is 19.7. The Kier molecular flexibility index (Phi) is 4.88. The minimum absolute atomic E-state index is 0.136. The Morgan fingerprint density at radius 3 is 2.64 bits per heavy atom. The summed E-state index contributed by atoms with van der Waals surface area (Å²) in [5, 5.41) is 5.44. The maximum Gasteiger partial charge on any atom is 0.267 e. The molecule has 2 aromatic carbocycles. The molecule has 28 heavy (non-hydrogen) atoms. The first-order valence-corrected chi connectivity index (χ1v) is 11.4. The van der Waals surface area contributed by atoms with E-state index in [2.05, 4.69) is 15.0 Å². The number of anilines is 2. The van der Waals surface area contributed by atoms with Crippen molar-refractivity contribution in [3.8, 4) is 0 Å². The van der Waals surface area contributed by atoms with E-state index in [1.807, 2.05) is 13.0 Å². The normalized spacial score (nSPS) is 11.5. The summed E-state index contributed by atoms with van der Waals surface area (Å²) >= 11 is 2.75. The minimum Gasteiger partial charge on any atom is -0.321 e. The van der Waals surface area contributed by atoms with E-state index in [0.29, 0.717) is 5.69 Å². The van der Waals surface area contributed by atoms with Gasteiger partial charge >= 0.3 is 0 Å². The van der Waals surface area contributed by atoms with Crippen LogP contribution in [-0.2, 0) is 10.0 Å². The lowest BCUT2D eigenvalue weighted by atomic mass is 10.3. The summed E-state index contributed by atoms with van der Waals surface area (Å²) in [6, 6.07) is 15.1. The van der Waals surface area contributed by atoms with Crippen molar-refractivity contribution < 1.29 is 13.2 Å². The fourth-order valence-electron chi connectivity index (χ4n) is 2.68. The zero-order valence-corrected chi connectivity index (χ0v) is 17.1. The minimum atomic E-state index is -3.77. The molecule has 0 fully saturated rings. The molecule has 0 saturated heterocycles. The summed E-state index contributed by atoms with van der Waals surface area (Å²) in [7, 11) is -3.77. The molecular weight excluding hydrogens is 414 g/mol. The highest BCUT2D eigenvalue weighted by atomic mass is 32.2. The van der Waals surface area contributed by atoms with Gasteiger partial charge in [-0.25, -0.2) is 13.4 Å². The molecule has 0 aliphatic rings. The molecule has 0 bridgehead atoms. The molecule has 2 aromatic heterocycles. The van der Waals surface area contributed by atoms with E-state index in [1.54, 1.807) is 53.1 Å². The first kappa shape index (κ1) is 18.6. The van der Waals surface area contributed by atoms with Crippen LogP contribution in [-0.4, -0.2) is 19.3 Å². The van der Waals surface area contributed by atoms with Crippen LogP contribution in [0.15, 0.2) is 64.9 Å². The van der Waals surface area contributed by atoms with Gasteiger partial charge in [-0.15, -0.1) is 22.7 Å². The molecule has 142 valence electrons. The van der Waals surface area contributed by atoms with E-state index in [1.165, 1.54) is 23.5 Å². The standard InChI is InChI=1S/C19H15N3O3S3/c1-12-20-16-11-13(7-8-17(16)27-12)21-19(23)18-15(9-10-26-18)22-28(24,25)14-5-3-2-4-6-14/h2-11,22H,1H3,(H,21,23). The third-order valence-corrected chi connectivity index (χ3v) is 7.17. The average Bonchev–Trinajstić information content (AvgIpc) is 3.27. The molecule has 0 unspecified atom stereocenters. The molecule has 0 radical (unpaired) electrons. The number of nitrogens with zero attached hydrogens (tertiary/aromatic N) is 1. The number of thiazole rings is 1. The number of aromatic nitrogens is 1. The largest absolute Gasteiger partial charge is 0.321 e. The quantitative estimate of drug-likeness (QED) is 0.480. The van der Waals surface area contributed by atoms with E-state index in [0.717, 1.165) is 15.2 Å². The maximum absolute atomic E-state index is 12.7. The summed E-state index contributed by atoms with van der Waals surface area (Å²) in [5.74, 6) is -0.382. The number of nitrogens with one attached hydrogen (secondary N) is 2. The Morgan fingerprint density at radius 1 is 1.07 bits per heavy atom. The molecule has 2 heterocycles. The predicted octanol–water partition coefficient (Wildman–Crippen LogP) is 4.72. The van der Waals surface area contributed by atoms with Crippen LogP contribution in [0.2, 0.25) is 0 Å². The van der Waals surface area contributed by atoms with Crippen molar-refractivity contribution in [3.05, 3.63) is 69.9 Å². The Hall–Kier alpha value is -2.75. The number of amides is 1. The van der Waals surface area contributed by atoms with Crippen LogP contribution in [0.5, 0.6) is 0 Å². The van der Waals surface area contributed by atoms with Gasteiger partial charge in [-0.1, -0.05) is 18.2 Å². The topological polar surface area (TPSA) is 88.2 Å². The molecule has 1 amide bonds. The molecule has 4 rings (SSSR count). The Balaban J connectivity index is 1.56. The monoisotopic (exact) mass is 429 g/mol. The number of hydrogen-bond acceptors (Lipinski definition) is 6. The van der Waals surface area contributed by atoms with Gasteiger partial charge in [0.05, 0.1) is 25.8 Å². The highest BCUT2D eigenvalue weighted by Gasteiger charge is 2.20. The van der Waals surface area contributed by atoms with Gasteiger partial charge in [-0.05, 0) is 48.7 Å². The molecule has 0 saturated carbocycles. The van der Waals surface area contributed by atoms with Crippen LogP contribution in [0.4, 0.5) is 11.4 Å². The Morgan fingerprint density at radius 2 is 1.86 bits per heavy atom. The molecule has 9 heteroatoms. The Labute approximate surface area is 169 Å². The molecule has 0 atom stereocenters. The van der Waals surface area contributed by atoms with E-state index in [-0.39, 0.29) is 21.4 Å². The number of aryl methyl sites for hydroxylation is 1. The first-order chi connectivity index (χ1) is 13.4. The van der Waals surface area contributed by atoms with E-state index in [9.17, 15) is 13.2 Å².